The molecule has 1 aliphatic heterocycles. The first-order chi connectivity index (χ1) is 15.3. The molecule has 1 fully saturated rings. The van der Waals surface area contributed by atoms with Gasteiger partial charge in [-0.2, -0.15) is 0 Å². The molecule has 9 heteroatoms. The highest BCUT2D eigenvalue weighted by Crippen LogP contribution is 2.35. The number of aromatic nitrogens is 1. The van der Waals surface area contributed by atoms with Gasteiger partial charge in [0.1, 0.15) is 11.6 Å². The number of benzene rings is 1. The smallest absolute Gasteiger partial charge is 0.373 e. The minimum atomic E-state index is -0.637. The van der Waals surface area contributed by atoms with Gasteiger partial charge in [0.2, 0.25) is 5.76 Å². The van der Waals surface area contributed by atoms with Crippen LogP contribution >= 0.6 is 11.8 Å². The third-order valence-electron chi connectivity index (χ3n) is 5.08. The van der Waals surface area contributed by atoms with Crippen molar-refractivity contribution >= 4 is 35.0 Å². The van der Waals surface area contributed by atoms with Crippen LogP contribution in [0.4, 0.5) is 9.18 Å². The molecule has 7 nitrogen and oxygen atoms in total. The van der Waals surface area contributed by atoms with Crippen molar-refractivity contribution in [3.8, 4) is 5.69 Å². The lowest BCUT2D eigenvalue weighted by Gasteiger charge is -2.10. The van der Waals surface area contributed by atoms with Crippen LogP contribution in [0.15, 0.2) is 51.8 Å². The largest absolute Gasteiger partial charge is 0.463 e. The summed E-state index contributed by atoms with van der Waals surface area (Å²) >= 11 is 0.841. The van der Waals surface area contributed by atoms with E-state index in [2.05, 4.69) is 4.74 Å². The molecule has 32 heavy (non-hydrogen) atoms. The number of esters is 1. The summed E-state index contributed by atoms with van der Waals surface area (Å²) in [6, 6.07) is 11.0. The Hall–Kier alpha value is -3.59. The summed E-state index contributed by atoms with van der Waals surface area (Å²) < 4.78 is 25.2. The second-order valence-corrected chi connectivity index (χ2v) is 8.16. The Labute approximate surface area is 187 Å². The Morgan fingerprint density at radius 3 is 2.56 bits per heavy atom. The number of halogens is 1. The van der Waals surface area contributed by atoms with E-state index in [0.717, 1.165) is 39.3 Å². The number of imide groups is 1. The van der Waals surface area contributed by atoms with Crippen LogP contribution in [0.1, 0.15) is 33.3 Å². The van der Waals surface area contributed by atoms with Crippen molar-refractivity contribution in [3.05, 3.63) is 81.7 Å². The lowest BCUT2D eigenvalue weighted by atomic mass is 10.2. The number of hydrogen-bond acceptors (Lipinski definition) is 6. The van der Waals surface area contributed by atoms with E-state index in [0.29, 0.717) is 5.76 Å². The van der Waals surface area contributed by atoms with E-state index in [1.807, 2.05) is 24.5 Å². The number of ether oxygens (including phenoxy) is 1. The number of rotatable bonds is 5. The standard InChI is InChI=1S/C23H19FN2O5S/c1-13-10-15(14(2)26(13)17-6-4-16(24)5-7-17)11-20-21(27)25(23(29)32-20)12-18-8-9-19(31-18)22(28)30-3/h4-11H,12H2,1-3H3. The lowest BCUT2D eigenvalue weighted by Crippen LogP contribution is -2.27. The average Bonchev–Trinajstić information content (AvgIpc) is 3.42. The van der Waals surface area contributed by atoms with Crippen molar-refractivity contribution in [3.63, 3.8) is 0 Å². The summed E-state index contributed by atoms with van der Waals surface area (Å²) in [5.41, 5.74) is 3.34. The number of methoxy groups -OCH3 is 1. The Morgan fingerprint density at radius 1 is 1.16 bits per heavy atom. The third-order valence-corrected chi connectivity index (χ3v) is 5.98. The highest BCUT2D eigenvalue weighted by atomic mass is 32.2. The summed E-state index contributed by atoms with van der Waals surface area (Å²) in [6.45, 7) is 3.71. The monoisotopic (exact) mass is 454 g/mol. The maximum atomic E-state index is 13.3. The molecule has 0 saturated carbocycles. The molecule has 3 heterocycles. The highest BCUT2D eigenvalue weighted by molar-refractivity contribution is 8.18. The minimum Gasteiger partial charge on any atom is -0.463 e. The Bertz CT molecular complexity index is 1260. The molecule has 164 valence electrons. The second-order valence-electron chi connectivity index (χ2n) is 7.16. The number of aryl methyl sites for hydroxylation is 1. The zero-order valence-corrected chi connectivity index (χ0v) is 18.4. The second kappa shape index (κ2) is 8.51. The molecule has 1 saturated heterocycles. The van der Waals surface area contributed by atoms with Gasteiger partial charge in [-0.15, -0.1) is 0 Å². The van der Waals surface area contributed by atoms with Gasteiger partial charge in [0, 0.05) is 17.1 Å². The number of amides is 2. The first-order valence-electron chi connectivity index (χ1n) is 9.65. The van der Waals surface area contributed by atoms with Gasteiger partial charge in [0.15, 0.2) is 0 Å². The van der Waals surface area contributed by atoms with Gasteiger partial charge in [-0.3, -0.25) is 14.5 Å². The van der Waals surface area contributed by atoms with Crippen LogP contribution in [0.3, 0.4) is 0 Å². The van der Waals surface area contributed by atoms with E-state index in [1.54, 1.807) is 18.2 Å². The molecule has 2 amide bonds. The predicted molar refractivity (Wildman–Crippen MR) is 117 cm³/mol. The van der Waals surface area contributed by atoms with Crippen LogP contribution in [-0.4, -0.2) is 33.7 Å². The van der Waals surface area contributed by atoms with Gasteiger partial charge in [0.25, 0.3) is 11.1 Å². The molecular weight excluding hydrogens is 435 g/mol. The van der Waals surface area contributed by atoms with Crippen molar-refractivity contribution in [2.45, 2.75) is 20.4 Å². The molecule has 1 aromatic carbocycles. The van der Waals surface area contributed by atoms with Crippen molar-refractivity contribution in [1.82, 2.24) is 9.47 Å². The molecule has 4 rings (SSSR count). The van der Waals surface area contributed by atoms with Crippen LogP contribution < -0.4 is 0 Å². The fourth-order valence-corrected chi connectivity index (χ4v) is 4.36. The van der Waals surface area contributed by atoms with Gasteiger partial charge in [-0.05, 0) is 79.7 Å². The molecule has 1 aliphatic rings. The van der Waals surface area contributed by atoms with Crippen LogP contribution in [0, 0.1) is 19.7 Å². The topological polar surface area (TPSA) is 81.8 Å². The molecular formula is C23H19FN2O5S. The first kappa shape index (κ1) is 21.6. The maximum Gasteiger partial charge on any atom is 0.373 e. The van der Waals surface area contributed by atoms with E-state index in [9.17, 15) is 18.8 Å². The van der Waals surface area contributed by atoms with E-state index in [4.69, 9.17) is 4.42 Å². The average molecular weight is 454 g/mol. The molecule has 0 bridgehead atoms. The number of carbonyl (C=O) groups excluding carboxylic acids is 3. The Morgan fingerprint density at radius 2 is 1.88 bits per heavy atom. The van der Waals surface area contributed by atoms with Gasteiger partial charge >= 0.3 is 5.97 Å². The summed E-state index contributed by atoms with van der Waals surface area (Å²) in [6.07, 6.45) is 1.68. The zero-order chi connectivity index (χ0) is 23.0. The number of nitrogens with zero attached hydrogens (tertiary/aromatic N) is 2. The van der Waals surface area contributed by atoms with Crippen LogP contribution in [0.5, 0.6) is 0 Å². The molecule has 0 aliphatic carbocycles. The summed E-state index contributed by atoms with van der Waals surface area (Å²) in [5, 5.41) is -0.426. The molecule has 0 atom stereocenters. The van der Waals surface area contributed by atoms with Crippen LogP contribution in [0.2, 0.25) is 0 Å². The van der Waals surface area contributed by atoms with Gasteiger partial charge in [-0.1, -0.05) is 0 Å². The highest BCUT2D eigenvalue weighted by Gasteiger charge is 2.36. The molecule has 0 radical (unpaired) electrons. The quantitative estimate of drug-likeness (QED) is 0.405. The maximum absolute atomic E-state index is 13.3. The summed E-state index contributed by atoms with van der Waals surface area (Å²) in [5.74, 6) is -1.11. The van der Waals surface area contributed by atoms with Crippen LogP contribution in [0.25, 0.3) is 11.8 Å². The van der Waals surface area contributed by atoms with E-state index in [1.165, 1.54) is 31.4 Å². The van der Waals surface area contributed by atoms with Crippen molar-refractivity contribution in [2.75, 3.05) is 7.11 Å². The van der Waals surface area contributed by atoms with Crippen LogP contribution in [-0.2, 0) is 16.1 Å². The van der Waals surface area contributed by atoms with Gasteiger partial charge in [0.05, 0.1) is 18.6 Å². The minimum absolute atomic E-state index is 0.00162. The molecule has 2 aromatic heterocycles. The zero-order valence-electron chi connectivity index (χ0n) is 17.5. The Balaban J connectivity index is 1.58. The molecule has 0 spiro atoms. The third kappa shape index (κ3) is 3.99. The lowest BCUT2D eigenvalue weighted by molar-refractivity contribution is -0.123. The van der Waals surface area contributed by atoms with Crippen molar-refractivity contribution < 1.29 is 27.9 Å². The predicted octanol–water partition coefficient (Wildman–Crippen LogP) is 4.85. The molecule has 0 unspecified atom stereocenters. The number of carbonyl (C=O) groups is 3. The fraction of sp³-hybridized carbons (Fsp3) is 0.174. The van der Waals surface area contributed by atoms with Gasteiger partial charge in [-0.25, -0.2) is 9.18 Å². The Kier molecular flexibility index (Phi) is 5.75. The van der Waals surface area contributed by atoms with Gasteiger partial charge < -0.3 is 13.7 Å². The summed E-state index contributed by atoms with van der Waals surface area (Å²) in [4.78, 5) is 38.2. The van der Waals surface area contributed by atoms with Crippen molar-refractivity contribution in [1.29, 1.82) is 0 Å². The van der Waals surface area contributed by atoms with E-state index < -0.39 is 17.1 Å². The SMILES string of the molecule is COC(=O)c1ccc(CN2C(=O)SC(=Cc3cc(C)n(-c4ccc(F)cc4)c3C)C2=O)o1. The molecule has 3 aromatic rings. The first-order valence-corrected chi connectivity index (χ1v) is 10.5. The van der Waals surface area contributed by atoms with E-state index >= 15 is 0 Å². The van der Waals surface area contributed by atoms with Crippen molar-refractivity contribution in [2.24, 2.45) is 0 Å². The number of furan rings is 1. The fourth-order valence-electron chi connectivity index (χ4n) is 3.53. The number of hydrogen-bond donors (Lipinski definition) is 0. The summed E-state index contributed by atoms with van der Waals surface area (Å²) in [7, 11) is 1.23. The normalized spacial score (nSPS) is 15.1. The number of thioether (sulfide) groups is 1. The van der Waals surface area contributed by atoms with E-state index in [-0.39, 0.29) is 23.0 Å². The molecule has 0 N–H and O–H groups in total.